The molecular formula is C81H146O17P2. The van der Waals surface area contributed by atoms with Gasteiger partial charge in [0.1, 0.15) is 19.3 Å². The van der Waals surface area contributed by atoms with Gasteiger partial charge in [0, 0.05) is 25.7 Å². The molecule has 0 saturated heterocycles. The number of esters is 4. The van der Waals surface area contributed by atoms with Crippen LogP contribution in [0.2, 0.25) is 0 Å². The molecule has 100 heavy (non-hydrogen) atoms. The summed E-state index contributed by atoms with van der Waals surface area (Å²) in [6.07, 6.45) is 74.4. The number of ether oxygens (including phenoxy) is 4. The monoisotopic (exact) mass is 1450 g/mol. The van der Waals surface area contributed by atoms with Gasteiger partial charge < -0.3 is 33.8 Å². The topological polar surface area (TPSA) is 237 Å². The summed E-state index contributed by atoms with van der Waals surface area (Å²) in [6, 6.07) is 0. The van der Waals surface area contributed by atoms with Gasteiger partial charge in [-0.25, -0.2) is 9.13 Å². The lowest BCUT2D eigenvalue weighted by Crippen LogP contribution is -2.30. The molecule has 19 heteroatoms. The lowest BCUT2D eigenvalue weighted by molar-refractivity contribution is -0.161. The Bertz CT molecular complexity index is 2180. The summed E-state index contributed by atoms with van der Waals surface area (Å²) < 4.78 is 68.6. The molecule has 0 heterocycles. The van der Waals surface area contributed by atoms with Gasteiger partial charge in [-0.15, -0.1) is 0 Å². The molecule has 5 atom stereocenters. The van der Waals surface area contributed by atoms with Crippen molar-refractivity contribution in [2.75, 3.05) is 39.6 Å². The molecule has 0 bridgehead atoms. The van der Waals surface area contributed by atoms with Gasteiger partial charge in [0.25, 0.3) is 0 Å². The highest BCUT2D eigenvalue weighted by Crippen LogP contribution is 2.45. The largest absolute Gasteiger partial charge is 0.472 e. The average molecular weight is 1450 g/mol. The van der Waals surface area contributed by atoms with Crippen LogP contribution >= 0.6 is 15.6 Å². The van der Waals surface area contributed by atoms with Crippen molar-refractivity contribution < 1.29 is 80.2 Å². The molecule has 0 radical (unpaired) electrons. The minimum Gasteiger partial charge on any atom is -0.462 e. The van der Waals surface area contributed by atoms with Gasteiger partial charge >= 0.3 is 39.5 Å². The first-order valence-electron chi connectivity index (χ1n) is 40.2. The summed E-state index contributed by atoms with van der Waals surface area (Å²) in [5.74, 6) is -2.19. The highest BCUT2D eigenvalue weighted by molar-refractivity contribution is 7.47. The molecule has 0 spiro atoms. The van der Waals surface area contributed by atoms with Crippen LogP contribution in [0.15, 0.2) is 72.9 Å². The van der Waals surface area contributed by atoms with Crippen molar-refractivity contribution in [2.45, 2.75) is 380 Å². The van der Waals surface area contributed by atoms with Gasteiger partial charge in [0.2, 0.25) is 0 Å². The number of carbonyl (C=O) groups is 4. The molecule has 0 amide bonds. The lowest BCUT2D eigenvalue weighted by atomic mass is 10.1. The molecule has 0 saturated carbocycles. The summed E-state index contributed by atoms with van der Waals surface area (Å²) >= 11 is 0. The quantitative estimate of drug-likeness (QED) is 0.0169. The number of phosphoric ester groups is 2. The van der Waals surface area contributed by atoms with Crippen LogP contribution in [0.3, 0.4) is 0 Å². The fraction of sp³-hybridized carbons (Fsp3) is 0.802. The first-order chi connectivity index (χ1) is 48.7. The normalized spacial score (nSPS) is 14.3. The Morgan fingerprint density at radius 3 is 0.780 bits per heavy atom. The van der Waals surface area contributed by atoms with Gasteiger partial charge in [0.15, 0.2) is 12.2 Å². The van der Waals surface area contributed by atoms with Crippen molar-refractivity contribution in [3.05, 3.63) is 72.9 Å². The molecule has 0 aliphatic rings. The molecule has 0 aliphatic carbocycles. The minimum atomic E-state index is -4.98. The van der Waals surface area contributed by atoms with E-state index in [0.717, 1.165) is 167 Å². The lowest BCUT2D eigenvalue weighted by Gasteiger charge is -2.21. The Hall–Kier alpha value is -3.50. The zero-order valence-electron chi connectivity index (χ0n) is 63.6. The Kier molecular flexibility index (Phi) is 71.2. The number of aliphatic hydroxyl groups excluding tert-OH is 1. The van der Waals surface area contributed by atoms with E-state index >= 15 is 0 Å². The zero-order valence-corrected chi connectivity index (χ0v) is 65.4. The Morgan fingerprint density at radius 1 is 0.280 bits per heavy atom. The molecule has 17 nitrogen and oxygen atoms in total. The van der Waals surface area contributed by atoms with Crippen molar-refractivity contribution in [1.29, 1.82) is 0 Å². The Morgan fingerprint density at radius 2 is 0.490 bits per heavy atom. The van der Waals surface area contributed by atoms with Crippen molar-refractivity contribution in [3.8, 4) is 0 Å². The van der Waals surface area contributed by atoms with E-state index in [9.17, 15) is 43.2 Å². The third kappa shape index (κ3) is 72.8. The van der Waals surface area contributed by atoms with Crippen LogP contribution in [0.5, 0.6) is 0 Å². The molecule has 3 N–H and O–H groups in total. The number of hydrogen-bond donors (Lipinski definition) is 3. The fourth-order valence-electron chi connectivity index (χ4n) is 10.9. The standard InChI is InChI=1S/C81H146O17P2/c1-5-9-13-17-21-25-29-33-37-41-45-49-53-57-61-65-78(83)91-71-76(97-80(85)67-63-59-55-51-47-43-39-35-31-27-23-19-15-11-7-3)73-95-99(87,88)93-69-75(82)70-94-100(89,90)96-74-77(98-81(86)68-64-60-56-52-48-44-40-36-32-28-24-20-16-12-8-4)72-92-79(84)66-62-58-54-50-46-42-38-34-30-26-22-18-14-10-6-2/h21,23,25-27,30,33,35-37,39-40,75-77,82H,5-20,22,24,28-29,31-32,34,38,41-74H2,1-4H3,(H,87,88)(H,89,90)/t75?,76-,77-/m1/s1. The van der Waals surface area contributed by atoms with Gasteiger partial charge in [-0.3, -0.25) is 37.3 Å². The van der Waals surface area contributed by atoms with Crippen LogP contribution < -0.4 is 0 Å². The van der Waals surface area contributed by atoms with Crippen LogP contribution in [0, 0.1) is 0 Å². The van der Waals surface area contributed by atoms with Crippen LogP contribution in [-0.2, 0) is 65.4 Å². The predicted molar refractivity (Wildman–Crippen MR) is 409 cm³/mol. The summed E-state index contributed by atoms with van der Waals surface area (Å²) in [6.45, 7) is 4.82. The Labute approximate surface area is 609 Å². The van der Waals surface area contributed by atoms with Gasteiger partial charge in [-0.2, -0.15) is 0 Å². The molecule has 0 aliphatic heterocycles. The minimum absolute atomic E-state index is 0.0780. The zero-order chi connectivity index (χ0) is 73.2. The van der Waals surface area contributed by atoms with Crippen LogP contribution in [-0.4, -0.2) is 96.7 Å². The molecule has 0 aromatic heterocycles. The number of rotatable bonds is 76. The maximum atomic E-state index is 13.1. The summed E-state index contributed by atoms with van der Waals surface area (Å²) in [5.41, 5.74) is 0. The number of carbonyl (C=O) groups excluding carboxylic acids is 4. The first kappa shape index (κ1) is 96.5. The third-order valence-electron chi connectivity index (χ3n) is 17.1. The van der Waals surface area contributed by atoms with Crippen LogP contribution in [0.4, 0.5) is 0 Å². The second-order valence-corrected chi connectivity index (χ2v) is 29.9. The number of unbranched alkanes of at least 4 members (excludes halogenated alkanes) is 38. The van der Waals surface area contributed by atoms with Gasteiger partial charge in [0.05, 0.1) is 26.4 Å². The number of allylic oxidation sites excluding steroid dienone is 12. The molecule has 0 fully saturated rings. The fourth-order valence-corrected chi connectivity index (χ4v) is 12.5. The van der Waals surface area contributed by atoms with Gasteiger partial charge in [-0.1, -0.05) is 268 Å². The van der Waals surface area contributed by atoms with Crippen LogP contribution in [0.1, 0.15) is 362 Å². The predicted octanol–water partition coefficient (Wildman–Crippen LogP) is 23.2. The highest BCUT2D eigenvalue weighted by Gasteiger charge is 2.30. The summed E-state index contributed by atoms with van der Waals surface area (Å²) in [4.78, 5) is 73.0. The van der Waals surface area contributed by atoms with E-state index in [1.807, 2.05) is 0 Å². The Balaban J connectivity index is 5.36. The van der Waals surface area contributed by atoms with E-state index in [4.69, 9.17) is 37.0 Å². The molecule has 0 aromatic carbocycles. The first-order valence-corrected chi connectivity index (χ1v) is 43.2. The molecule has 0 rings (SSSR count). The summed E-state index contributed by atoms with van der Waals surface area (Å²) in [7, 11) is -9.95. The second-order valence-electron chi connectivity index (χ2n) is 27.0. The van der Waals surface area contributed by atoms with Crippen molar-refractivity contribution >= 4 is 39.5 Å². The van der Waals surface area contributed by atoms with E-state index < -0.39 is 97.5 Å². The smallest absolute Gasteiger partial charge is 0.462 e. The van der Waals surface area contributed by atoms with Crippen molar-refractivity contribution in [3.63, 3.8) is 0 Å². The molecule has 0 aromatic rings. The van der Waals surface area contributed by atoms with Crippen molar-refractivity contribution in [2.24, 2.45) is 0 Å². The summed E-state index contributed by atoms with van der Waals surface area (Å²) in [5, 5.41) is 10.6. The van der Waals surface area contributed by atoms with E-state index in [-0.39, 0.29) is 25.7 Å². The van der Waals surface area contributed by atoms with E-state index in [1.165, 1.54) is 116 Å². The third-order valence-corrected chi connectivity index (χ3v) is 19.0. The number of aliphatic hydroxyl groups is 1. The molecule has 3 unspecified atom stereocenters. The average Bonchev–Trinajstić information content (AvgIpc) is 1.01. The maximum absolute atomic E-state index is 13.1. The molecule has 582 valence electrons. The second kappa shape index (κ2) is 73.8. The molecular weight excluding hydrogens is 1310 g/mol. The number of hydrogen-bond acceptors (Lipinski definition) is 15. The van der Waals surface area contributed by atoms with Crippen molar-refractivity contribution in [1.82, 2.24) is 0 Å². The number of phosphoric acid groups is 2. The van der Waals surface area contributed by atoms with E-state index in [2.05, 4.69) is 101 Å². The van der Waals surface area contributed by atoms with E-state index in [1.54, 1.807) is 0 Å². The SMILES string of the molecule is CCCCCC=CCC=CCCCCCCCC(=O)OC[C@H](COP(=O)(O)OCC(O)COP(=O)(O)OC[C@@H](COC(=O)CCCCCCCCCC=CCCCCCC)OC(=O)CCCCCCCC=CCCCCCCCC)OC(=O)CCCCCCCC=CCC=CCCCCC. The maximum Gasteiger partial charge on any atom is 0.472 e. The van der Waals surface area contributed by atoms with Crippen LogP contribution in [0.25, 0.3) is 0 Å². The highest BCUT2D eigenvalue weighted by atomic mass is 31.2. The van der Waals surface area contributed by atoms with Gasteiger partial charge in [-0.05, 0) is 141 Å². The van der Waals surface area contributed by atoms with E-state index in [0.29, 0.717) is 25.7 Å².